The number of carbonyl (C=O) groups excluding carboxylic acids is 3. The van der Waals surface area contributed by atoms with Gasteiger partial charge in [-0.25, -0.2) is 0 Å². The minimum Gasteiger partial charge on any atom is -0.456 e. The number of aryl methyl sites for hydroxylation is 1. The highest BCUT2D eigenvalue weighted by Gasteiger charge is 2.55. The standard InChI is InChI=1S/C35H42O8SSi/c1-23-18-20-27(21-19-23)44-34-33(42-26(4)38)32(41-25(3)37)31(40-24(2)36)30(43-34)22-39-45(35(5,6)7,28-14-10-8-11-15-28)29-16-12-9-13-17-29/h8-21,30-34H,22H2,1-7H3/t30-,31-,32+,33-,34+/m1/s1. The first-order chi connectivity index (χ1) is 21.3. The number of ether oxygens (including phenoxy) is 4. The van der Waals surface area contributed by atoms with Crippen LogP contribution >= 0.6 is 11.8 Å². The SMILES string of the molecule is CC(=O)O[C@@H]1[C@@H](OC(C)=O)[C@H](Sc2ccc(C)cc2)O[C@H](CO[Si](c2ccccc2)(c2ccccc2)C(C)(C)C)[C@H]1OC(C)=O. The van der Waals surface area contributed by atoms with E-state index in [4.69, 9.17) is 23.4 Å². The molecule has 5 atom stereocenters. The predicted octanol–water partition coefficient (Wildman–Crippen LogP) is 5.18. The van der Waals surface area contributed by atoms with Gasteiger partial charge in [-0.3, -0.25) is 14.4 Å². The van der Waals surface area contributed by atoms with Crippen molar-refractivity contribution in [2.45, 2.75) is 88.3 Å². The van der Waals surface area contributed by atoms with Gasteiger partial charge in [-0.15, -0.1) is 0 Å². The van der Waals surface area contributed by atoms with Crippen molar-refractivity contribution in [2.24, 2.45) is 0 Å². The summed E-state index contributed by atoms with van der Waals surface area (Å²) in [5.74, 6) is -1.79. The summed E-state index contributed by atoms with van der Waals surface area (Å²) in [6.45, 7) is 12.3. The lowest BCUT2D eigenvalue weighted by atomic mass is 9.99. The zero-order chi connectivity index (χ0) is 32.8. The predicted molar refractivity (Wildman–Crippen MR) is 176 cm³/mol. The Morgan fingerprint density at radius 3 is 1.64 bits per heavy atom. The molecule has 1 aliphatic heterocycles. The maximum absolute atomic E-state index is 12.5. The Labute approximate surface area is 270 Å². The number of benzene rings is 3. The van der Waals surface area contributed by atoms with Crippen molar-refractivity contribution in [2.75, 3.05) is 6.61 Å². The van der Waals surface area contributed by atoms with Crippen LogP contribution in [-0.2, 0) is 37.8 Å². The highest BCUT2D eigenvalue weighted by Crippen LogP contribution is 2.40. The average Bonchev–Trinajstić information content (AvgIpc) is 2.97. The van der Waals surface area contributed by atoms with E-state index in [9.17, 15) is 14.4 Å². The molecule has 0 spiro atoms. The normalized spacial score (nSPS) is 21.9. The first-order valence-corrected chi connectivity index (χ1v) is 17.8. The molecule has 1 fully saturated rings. The second-order valence-electron chi connectivity index (χ2n) is 12.2. The van der Waals surface area contributed by atoms with Gasteiger partial charge in [0.1, 0.15) is 11.5 Å². The van der Waals surface area contributed by atoms with Gasteiger partial charge in [-0.05, 0) is 34.5 Å². The van der Waals surface area contributed by atoms with E-state index >= 15 is 0 Å². The Kier molecular flexibility index (Phi) is 11.3. The Bertz CT molecular complexity index is 1400. The Balaban J connectivity index is 1.81. The number of carbonyl (C=O) groups is 3. The molecule has 1 heterocycles. The van der Waals surface area contributed by atoms with E-state index in [1.165, 1.54) is 32.5 Å². The molecule has 0 N–H and O–H groups in total. The lowest BCUT2D eigenvalue weighted by molar-refractivity contribution is -0.235. The van der Waals surface area contributed by atoms with Crippen molar-refractivity contribution in [3.05, 3.63) is 90.5 Å². The van der Waals surface area contributed by atoms with E-state index < -0.39 is 56.1 Å². The second-order valence-corrected chi connectivity index (χ2v) is 17.6. The molecule has 240 valence electrons. The number of rotatable bonds is 10. The highest BCUT2D eigenvalue weighted by molar-refractivity contribution is 7.99. The van der Waals surface area contributed by atoms with Crippen LogP contribution in [0.25, 0.3) is 0 Å². The van der Waals surface area contributed by atoms with Crippen LogP contribution in [0.2, 0.25) is 5.04 Å². The van der Waals surface area contributed by atoms with Crippen LogP contribution in [0.3, 0.4) is 0 Å². The van der Waals surface area contributed by atoms with Crippen LogP contribution in [-0.4, -0.2) is 62.7 Å². The molecule has 0 bridgehead atoms. The summed E-state index contributed by atoms with van der Waals surface area (Å²) in [5.41, 5.74) is 0.283. The summed E-state index contributed by atoms with van der Waals surface area (Å²) in [6, 6.07) is 28.1. The molecule has 8 nitrogen and oxygen atoms in total. The molecule has 10 heteroatoms. The van der Waals surface area contributed by atoms with Crippen LogP contribution in [0.5, 0.6) is 0 Å². The van der Waals surface area contributed by atoms with Crippen LogP contribution in [0, 0.1) is 6.92 Å². The molecule has 45 heavy (non-hydrogen) atoms. The van der Waals surface area contributed by atoms with Crippen molar-refractivity contribution in [1.29, 1.82) is 0 Å². The molecular weight excluding hydrogens is 609 g/mol. The maximum Gasteiger partial charge on any atom is 0.303 e. The minimum atomic E-state index is -3.02. The summed E-state index contributed by atoms with van der Waals surface area (Å²) in [7, 11) is -3.02. The summed E-state index contributed by atoms with van der Waals surface area (Å²) < 4.78 is 31.1. The van der Waals surface area contributed by atoms with E-state index in [2.05, 4.69) is 45.0 Å². The lowest BCUT2D eigenvalue weighted by Crippen LogP contribution is -2.68. The molecule has 0 aliphatic carbocycles. The van der Waals surface area contributed by atoms with Crippen LogP contribution in [0.4, 0.5) is 0 Å². The molecule has 0 saturated carbocycles. The number of esters is 3. The zero-order valence-electron chi connectivity index (χ0n) is 26.9. The number of hydrogen-bond donors (Lipinski definition) is 0. The minimum absolute atomic E-state index is 0.0146. The van der Waals surface area contributed by atoms with Gasteiger partial charge in [-0.1, -0.05) is 111 Å². The molecule has 0 unspecified atom stereocenters. The van der Waals surface area contributed by atoms with E-state index in [0.29, 0.717) is 0 Å². The fourth-order valence-corrected chi connectivity index (χ4v) is 11.5. The third-order valence-electron chi connectivity index (χ3n) is 7.65. The monoisotopic (exact) mass is 650 g/mol. The van der Waals surface area contributed by atoms with E-state index in [0.717, 1.165) is 20.8 Å². The number of hydrogen-bond acceptors (Lipinski definition) is 9. The van der Waals surface area contributed by atoms with Crippen LogP contribution < -0.4 is 10.4 Å². The van der Waals surface area contributed by atoms with Gasteiger partial charge in [0.15, 0.2) is 18.3 Å². The third-order valence-corrected chi connectivity index (χ3v) is 13.8. The lowest BCUT2D eigenvalue weighted by Gasteiger charge is -2.47. The van der Waals surface area contributed by atoms with E-state index in [-0.39, 0.29) is 11.6 Å². The fourth-order valence-electron chi connectivity index (χ4n) is 5.80. The van der Waals surface area contributed by atoms with Gasteiger partial charge < -0.3 is 23.4 Å². The summed E-state index contributed by atoms with van der Waals surface area (Å²) in [4.78, 5) is 38.1. The number of thioether (sulfide) groups is 1. The van der Waals surface area contributed by atoms with Gasteiger partial charge in [0.2, 0.25) is 0 Å². The van der Waals surface area contributed by atoms with Crippen molar-refractivity contribution in [3.8, 4) is 0 Å². The van der Waals surface area contributed by atoms with Gasteiger partial charge in [0, 0.05) is 25.7 Å². The van der Waals surface area contributed by atoms with Crippen LogP contribution in [0.1, 0.15) is 47.1 Å². The summed E-state index contributed by atoms with van der Waals surface area (Å²) in [6.07, 6.45) is -4.18. The van der Waals surface area contributed by atoms with Crippen molar-refractivity contribution >= 4 is 48.4 Å². The molecule has 4 rings (SSSR count). The summed E-state index contributed by atoms with van der Waals surface area (Å²) >= 11 is 1.34. The average molecular weight is 651 g/mol. The van der Waals surface area contributed by atoms with Gasteiger partial charge in [-0.2, -0.15) is 0 Å². The molecule has 0 amide bonds. The van der Waals surface area contributed by atoms with E-state index in [1.54, 1.807) is 0 Å². The molecular formula is C35H42O8SSi. The maximum atomic E-state index is 12.5. The van der Waals surface area contributed by atoms with Crippen LogP contribution in [0.15, 0.2) is 89.8 Å². The quantitative estimate of drug-likeness (QED) is 0.167. The van der Waals surface area contributed by atoms with E-state index in [1.807, 2.05) is 67.6 Å². The summed E-state index contributed by atoms with van der Waals surface area (Å²) in [5, 5.41) is 1.82. The highest BCUT2D eigenvalue weighted by atomic mass is 32.2. The van der Waals surface area contributed by atoms with Crippen molar-refractivity contribution < 1.29 is 37.8 Å². The molecule has 3 aromatic rings. The van der Waals surface area contributed by atoms with Crippen molar-refractivity contribution in [1.82, 2.24) is 0 Å². The van der Waals surface area contributed by atoms with Gasteiger partial charge in [0.25, 0.3) is 8.32 Å². The molecule has 1 aliphatic rings. The molecule has 0 aromatic heterocycles. The first kappa shape index (κ1) is 34.4. The molecule has 1 saturated heterocycles. The topological polar surface area (TPSA) is 97.4 Å². The second kappa shape index (κ2) is 14.8. The molecule has 0 radical (unpaired) electrons. The van der Waals surface area contributed by atoms with Gasteiger partial charge in [0.05, 0.1) is 6.61 Å². The Morgan fingerprint density at radius 2 is 1.18 bits per heavy atom. The Morgan fingerprint density at radius 1 is 0.711 bits per heavy atom. The van der Waals surface area contributed by atoms with Gasteiger partial charge >= 0.3 is 17.9 Å². The van der Waals surface area contributed by atoms with Crippen molar-refractivity contribution in [3.63, 3.8) is 0 Å². The third kappa shape index (κ3) is 8.24. The Hall–Kier alpha value is -3.44. The first-order valence-electron chi connectivity index (χ1n) is 15.0. The largest absolute Gasteiger partial charge is 0.456 e. The smallest absolute Gasteiger partial charge is 0.303 e. The zero-order valence-corrected chi connectivity index (χ0v) is 28.7. The fraction of sp³-hybridized carbons (Fsp3) is 0.400. The molecule has 3 aromatic carbocycles.